The van der Waals surface area contributed by atoms with Crippen LogP contribution in [0.25, 0.3) is 22.0 Å². The van der Waals surface area contributed by atoms with Crippen molar-refractivity contribution in [3.8, 4) is 16.9 Å². The Morgan fingerprint density at radius 1 is 0.968 bits per heavy atom. The summed E-state index contributed by atoms with van der Waals surface area (Å²) in [5, 5.41) is 11.5. The lowest BCUT2D eigenvalue weighted by atomic mass is 10.00. The van der Waals surface area contributed by atoms with Gasteiger partial charge in [0.1, 0.15) is 12.4 Å². The zero-order chi connectivity index (χ0) is 21.8. The van der Waals surface area contributed by atoms with Crippen LogP contribution in [-0.2, 0) is 12.6 Å². The summed E-state index contributed by atoms with van der Waals surface area (Å²) < 4.78 is 43.5. The lowest BCUT2D eigenvalue weighted by Gasteiger charge is -2.16. The van der Waals surface area contributed by atoms with Gasteiger partial charge in [-0.2, -0.15) is 13.2 Å². The molecule has 1 N–H and O–H groups in total. The predicted octanol–water partition coefficient (Wildman–Crippen LogP) is 5.30. The molecule has 0 aliphatic heterocycles. The fourth-order valence-electron chi connectivity index (χ4n) is 3.30. The molecular formula is C24H19F3N2O2. The number of halogens is 3. The van der Waals surface area contributed by atoms with E-state index in [-0.39, 0.29) is 18.8 Å². The first-order valence-corrected chi connectivity index (χ1v) is 9.67. The summed E-state index contributed by atoms with van der Waals surface area (Å²) in [7, 11) is 0. The summed E-state index contributed by atoms with van der Waals surface area (Å²) in [6.07, 6.45) is -1.66. The topological polar surface area (TPSA) is 55.2 Å². The van der Waals surface area contributed by atoms with Crippen molar-refractivity contribution < 1.29 is 23.0 Å². The van der Waals surface area contributed by atoms with E-state index in [2.05, 4.69) is 4.98 Å². The maximum atomic E-state index is 12.7. The third-order valence-electron chi connectivity index (χ3n) is 4.83. The van der Waals surface area contributed by atoms with E-state index in [4.69, 9.17) is 9.72 Å². The second-order valence-electron chi connectivity index (χ2n) is 7.11. The minimum absolute atomic E-state index is 0.0770. The molecule has 0 fully saturated rings. The monoisotopic (exact) mass is 424 g/mol. The van der Waals surface area contributed by atoms with Crippen LogP contribution in [0.4, 0.5) is 13.2 Å². The van der Waals surface area contributed by atoms with Crippen LogP contribution in [0.3, 0.4) is 0 Å². The number of para-hydroxylation sites is 1. The van der Waals surface area contributed by atoms with Gasteiger partial charge in [-0.3, -0.25) is 9.97 Å². The third kappa shape index (κ3) is 5.00. The standard InChI is InChI=1S/C24H19F3N2O2/c25-24(26,27)18-7-9-20(10-8-18)31-15-19(30)13-23-21(17-5-3-11-28-14-17)12-16-4-1-2-6-22(16)29-23/h1-12,14,19,30H,13,15H2. The van der Waals surface area contributed by atoms with Gasteiger partial charge in [-0.05, 0) is 42.5 Å². The van der Waals surface area contributed by atoms with Crippen LogP contribution in [-0.4, -0.2) is 27.8 Å². The first-order chi connectivity index (χ1) is 14.9. The first-order valence-electron chi connectivity index (χ1n) is 9.67. The quantitative estimate of drug-likeness (QED) is 0.457. The molecule has 158 valence electrons. The highest BCUT2D eigenvalue weighted by molar-refractivity contribution is 5.84. The van der Waals surface area contributed by atoms with E-state index in [9.17, 15) is 18.3 Å². The van der Waals surface area contributed by atoms with Crippen molar-refractivity contribution in [3.05, 3.63) is 90.4 Å². The summed E-state index contributed by atoms with van der Waals surface area (Å²) in [4.78, 5) is 8.88. The van der Waals surface area contributed by atoms with Crippen molar-refractivity contribution in [1.82, 2.24) is 9.97 Å². The zero-order valence-electron chi connectivity index (χ0n) is 16.4. The van der Waals surface area contributed by atoms with E-state index in [1.54, 1.807) is 12.4 Å². The Morgan fingerprint density at radius 3 is 2.45 bits per heavy atom. The second kappa shape index (κ2) is 8.73. The van der Waals surface area contributed by atoms with E-state index in [0.29, 0.717) is 5.69 Å². The molecule has 0 spiro atoms. The molecule has 2 aromatic heterocycles. The highest BCUT2D eigenvalue weighted by atomic mass is 19.4. The van der Waals surface area contributed by atoms with Gasteiger partial charge in [-0.1, -0.05) is 24.3 Å². The average Bonchev–Trinajstić information content (AvgIpc) is 2.77. The van der Waals surface area contributed by atoms with Crippen LogP contribution in [0.2, 0.25) is 0 Å². The number of rotatable bonds is 6. The summed E-state index contributed by atoms with van der Waals surface area (Å²) in [5.74, 6) is 0.256. The number of pyridine rings is 2. The number of aliphatic hydroxyl groups is 1. The van der Waals surface area contributed by atoms with Gasteiger partial charge in [0, 0.05) is 35.3 Å². The predicted molar refractivity (Wildman–Crippen MR) is 112 cm³/mol. The maximum Gasteiger partial charge on any atom is 0.416 e. The number of benzene rings is 2. The molecule has 0 radical (unpaired) electrons. The van der Waals surface area contributed by atoms with Crippen molar-refractivity contribution in [2.75, 3.05) is 6.61 Å². The molecule has 4 nitrogen and oxygen atoms in total. The molecule has 7 heteroatoms. The fraction of sp³-hybridized carbons (Fsp3) is 0.167. The molecule has 4 aromatic rings. The summed E-state index contributed by atoms with van der Waals surface area (Å²) in [6, 6.07) is 17.9. The van der Waals surface area contributed by atoms with Crippen molar-refractivity contribution in [3.63, 3.8) is 0 Å². The summed E-state index contributed by atoms with van der Waals surface area (Å²) >= 11 is 0. The summed E-state index contributed by atoms with van der Waals surface area (Å²) in [5.41, 5.74) is 2.49. The van der Waals surface area contributed by atoms with E-state index < -0.39 is 17.8 Å². The zero-order valence-corrected chi connectivity index (χ0v) is 16.4. The van der Waals surface area contributed by atoms with E-state index >= 15 is 0 Å². The average molecular weight is 424 g/mol. The van der Waals surface area contributed by atoms with E-state index in [1.165, 1.54) is 12.1 Å². The Hall–Kier alpha value is -3.45. The molecule has 0 amide bonds. The highest BCUT2D eigenvalue weighted by Crippen LogP contribution is 2.30. The van der Waals surface area contributed by atoms with Crippen molar-refractivity contribution in [1.29, 1.82) is 0 Å². The molecule has 31 heavy (non-hydrogen) atoms. The molecule has 0 saturated carbocycles. The van der Waals surface area contributed by atoms with Gasteiger partial charge in [0.25, 0.3) is 0 Å². The maximum absolute atomic E-state index is 12.7. The van der Waals surface area contributed by atoms with Gasteiger partial charge in [-0.25, -0.2) is 0 Å². The van der Waals surface area contributed by atoms with Crippen LogP contribution in [0, 0.1) is 0 Å². The van der Waals surface area contributed by atoms with Gasteiger partial charge in [0.05, 0.1) is 22.9 Å². The van der Waals surface area contributed by atoms with Gasteiger partial charge in [0.15, 0.2) is 0 Å². The Kier molecular flexibility index (Phi) is 5.86. The summed E-state index contributed by atoms with van der Waals surface area (Å²) in [6.45, 7) is -0.0770. The first kappa shape index (κ1) is 20.8. The number of aliphatic hydroxyl groups excluding tert-OH is 1. The number of hydrogen-bond donors (Lipinski definition) is 1. The minimum atomic E-state index is -4.40. The lowest BCUT2D eigenvalue weighted by molar-refractivity contribution is -0.137. The van der Waals surface area contributed by atoms with Gasteiger partial charge in [0.2, 0.25) is 0 Å². The molecule has 0 aliphatic carbocycles. The van der Waals surface area contributed by atoms with E-state index in [1.807, 2.05) is 42.5 Å². The van der Waals surface area contributed by atoms with Crippen molar-refractivity contribution in [2.24, 2.45) is 0 Å². The van der Waals surface area contributed by atoms with Crippen LogP contribution in [0.15, 0.2) is 79.1 Å². The smallest absolute Gasteiger partial charge is 0.416 e. The van der Waals surface area contributed by atoms with Gasteiger partial charge in [-0.15, -0.1) is 0 Å². The largest absolute Gasteiger partial charge is 0.491 e. The molecule has 4 rings (SSSR count). The van der Waals surface area contributed by atoms with E-state index in [0.717, 1.165) is 34.2 Å². The van der Waals surface area contributed by atoms with Crippen LogP contribution in [0.5, 0.6) is 5.75 Å². The minimum Gasteiger partial charge on any atom is -0.491 e. The number of hydrogen-bond acceptors (Lipinski definition) is 4. The Bertz CT molecular complexity index is 1160. The number of ether oxygens (including phenoxy) is 1. The number of nitrogens with zero attached hydrogens (tertiary/aromatic N) is 2. The SMILES string of the molecule is OC(COc1ccc(C(F)(F)F)cc1)Cc1nc2ccccc2cc1-c1cccnc1. The molecule has 0 aliphatic rings. The molecular weight excluding hydrogens is 405 g/mol. The molecule has 0 bridgehead atoms. The fourth-order valence-corrected chi connectivity index (χ4v) is 3.30. The Morgan fingerprint density at radius 2 is 1.74 bits per heavy atom. The molecule has 1 unspecified atom stereocenters. The molecule has 2 heterocycles. The lowest BCUT2D eigenvalue weighted by Crippen LogP contribution is -2.21. The molecule has 0 saturated heterocycles. The van der Waals surface area contributed by atoms with Crippen molar-refractivity contribution >= 4 is 10.9 Å². The van der Waals surface area contributed by atoms with Crippen LogP contribution < -0.4 is 4.74 Å². The molecule has 1 atom stereocenters. The Labute approximate surface area is 177 Å². The molecule has 2 aromatic carbocycles. The highest BCUT2D eigenvalue weighted by Gasteiger charge is 2.30. The number of alkyl halides is 3. The second-order valence-corrected chi connectivity index (χ2v) is 7.11. The Balaban J connectivity index is 1.52. The van der Waals surface area contributed by atoms with Crippen LogP contribution >= 0.6 is 0 Å². The van der Waals surface area contributed by atoms with Gasteiger partial charge >= 0.3 is 6.18 Å². The number of fused-ring (bicyclic) bond motifs is 1. The number of aromatic nitrogens is 2. The third-order valence-corrected chi connectivity index (χ3v) is 4.83. The van der Waals surface area contributed by atoms with Gasteiger partial charge < -0.3 is 9.84 Å². The van der Waals surface area contributed by atoms with Crippen molar-refractivity contribution in [2.45, 2.75) is 18.7 Å². The van der Waals surface area contributed by atoms with Crippen LogP contribution in [0.1, 0.15) is 11.3 Å². The normalized spacial score (nSPS) is 12.6.